The molecule has 1 amide bonds. The highest BCUT2D eigenvalue weighted by Crippen LogP contribution is 2.48. The maximum Gasteiger partial charge on any atom is 0.237 e. The monoisotopic (exact) mass is 385 g/mol. The third-order valence-corrected chi connectivity index (χ3v) is 6.57. The minimum absolute atomic E-state index is 0.122. The van der Waals surface area contributed by atoms with Gasteiger partial charge in [-0.25, -0.2) is 8.42 Å². The maximum atomic E-state index is 12.7. The molecule has 1 atom stereocenters. The van der Waals surface area contributed by atoms with Crippen LogP contribution >= 0.6 is 0 Å². The first-order valence-electron chi connectivity index (χ1n) is 8.96. The van der Waals surface area contributed by atoms with Crippen LogP contribution in [-0.2, 0) is 20.0 Å². The van der Waals surface area contributed by atoms with Gasteiger partial charge < -0.3 is 15.5 Å². The summed E-state index contributed by atoms with van der Waals surface area (Å²) >= 11 is 0. The molecule has 2 aliphatic heterocycles. The molecule has 27 heavy (non-hydrogen) atoms. The molecule has 0 fully saturated rings. The summed E-state index contributed by atoms with van der Waals surface area (Å²) in [6, 6.07) is 10.9. The topological polar surface area (TPSA) is 78.5 Å². The van der Waals surface area contributed by atoms with Gasteiger partial charge in [-0.05, 0) is 56.2 Å². The summed E-state index contributed by atoms with van der Waals surface area (Å²) in [5.41, 5.74) is 4.27. The quantitative estimate of drug-likeness (QED) is 0.848. The van der Waals surface area contributed by atoms with Crippen molar-refractivity contribution in [1.82, 2.24) is 0 Å². The van der Waals surface area contributed by atoms with E-state index in [0.29, 0.717) is 11.4 Å². The molecule has 2 aliphatic rings. The van der Waals surface area contributed by atoms with E-state index in [1.54, 1.807) is 12.1 Å². The van der Waals surface area contributed by atoms with Gasteiger partial charge in [0.05, 0.1) is 27.4 Å². The molecule has 142 valence electrons. The number of fused-ring (bicyclic) bond motifs is 2. The average Bonchev–Trinajstić information content (AvgIpc) is 3.10. The Morgan fingerprint density at radius 3 is 2.22 bits per heavy atom. The Kier molecular flexibility index (Phi) is 3.79. The fraction of sp³-hybridized carbons (Fsp3) is 0.350. The van der Waals surface area contributed by atoms with Gasteiger partial charge >= 0.3 is 0 Å². The number of amides is 1. The van der Waals surface area contributed by atoms with E-state index in [-0.39, 0.29) is 12.1 Å². The van der Waals surface area contributed by atoms with Crippen molar-refractivity contribution in [1.29, 1.82) is 0 Å². The highest BCUT2D eigenvalue weighted by Gasteiger charge is 2.44. The van der Waals surface area contributed by atoms with E-state index in [4.69, 9.17) is 0 Å². The van der Waals surface area contributed by atoms with Gasteiger partial charge in [-0.3, -0.25) is 4.79 Å². The zero-order chi connectivity index (χ0) is 19.6. The summed E-state index contributed by atoms with van der Waals surface area (Å²) in [6.45, 7) is 6.53. The Hall–Kier alpha value is -2.54. The molecule has 7 heteroatoms. The Labute approximate surface area is 159 Å². The molecule has 0 aliphatic carbocycles. The van der Waals surface area contributed by atoms with Crippen LogP contribution in [0.1, 0.15) is 38.1 Å². The second-order valence-electron chi connectivity index (χ2n) is 7.65. The van der Waals surface area contributed by atoms with Gasteiger partial charge in [-0.1, -0.05) is 12.1 Å². The highest BCUT2D eigenvalue weighted by atomic mass is 32.2. The lowest BCUT2D eigenvalue weighted by molar-refractivity contribution is -0.122. The number of carbonyl (C=O) groups is 1. The first-order chi connectivity index (χ1) is 12.6. The summed E-state index contributed by atoms with van der Waals surface area (Å²) in [7, 11) is -3.21. The number of sulfone groups is 1. The Morgan fingerprint density at radius 2 is 1.67 bits per heavy atom. The molecule has 4 rings (SSSR count). The molecule has 2 aromatic carbocycles. The summed E-state index contributed by atoms with van der Waals surface area (Å²) < 4.78 is 23.3. The second-order valence-corrected chi connectivity index (χ2v) is 9.67. The lowest BCUT2D eigenvalue weighted by atomic mass is 9.86. The standard InChI is InChI=1S/C20H23N3O3S/c1-5-23-17-11-16-15(10-14(17)20(2,3)19(23)24)21-18(22-16)12-6-8-13(9-7-12)27(4,25)26/h6-11,18,21-22H,5H2,1-4H3. The SMILES string of the molecule is CCN1C(=O)C(C)(C)c2cc3c(cc21)NC(c1ccc(S(C)(=O)=O)cc1)N3. The molecule has 0 spiro atoms. The van der Waals surface area contributed by atoms with Gasteiger partial charge in [0.15, 0.2) is 9.84 Å². The number of nitrogens with one attached hydrogen (secondary N) is 2. The van der Waals surface area contributed by atoms with Crippen LogP contribution in [-0.4, -0.2) is 27.1 Å². The predicted octanol–water partition coefficient (Wildman–Crippen LogP) is 3.27. The van der Waals surface area contributed by atoms with Crippen molar-refractivity contribution in [2.75, 3.05) is 28.3 Å². The molecular weight excluding hydrogens is 362 g/mol. The summed E-state index contributed by atoms with van der Waals surface area (Å²) in [5, 5.41) is 6.86. The fourth-order valence-corrected chi connectivity index (χ4v) is 4.48. The number of hydrogen-bond acceptors (Lipinski definition) is 5. The zero-order valence-electron chi connectivity index (χ0n) is 15.8. The van der Waals surface area contributed by atoms with E-state index in [9.17, 15) is 13.2 Å². The number of benzene rings is 2. The molecule has 0 aromatic heterocycles. The number of hydrogen-bond donors (Lipinski definition) is 2. The van der Waals surface area contributed by atoms with Gasteiger partial charge in [0.25, 0.3) is 0 Å². The number of nitrogens with zero attached hydrogens (tertiary/aromatic N) is 1. The second kappa shape index (κ2) is 5.73. The van der Waals surface area contributed by atoms with E-state index < -0.39 is 15.3 Å². The Balaban J connectivity index is 1.67. The molecule has 0 saturated heterocycles. The van der Waals surface area contributed by atoms with E-state index in [2.05, 4.69) is 16.7 Å². The van der Waals surface area contributed by atoms with Crippen LogP contribution in [0.2, 0.25) is 0 Å². The van der Waals surface area contributed by atoms with E-state index in [1.165, 1.54) is 6.26 Å². The van der Waals surface area contributed by atoms with Crippen molar-refractivity contribution < 1.29 is 13.2 Å². The van der Waals surface area contributed by atoms with E-state index in [0.717, 1.165) is 28.2 Å². The first kappa shape index (κ1) is 17.9. The molecule has 0 bridgehead atoms. The van der Waals surface area contributed by atoms with Crippen LogP contribution < -0.4 is 15.5 Å². The predicted molar refractivity (Wildman–Crippen MR) is 107 cm³/mol. The fourth-order valence-electron chi connectivity index (χ4n) is 3.85. The average molecular weight is 385 g/mol. The largest absolute Gasteiger partial charge is 0.360 e. The van der Waals surface area contributed by atoms with Crippen molar-refractivity contribution >= 4 is 32.8 Å². The smallest absolute Gasteiger partial charge is 0.237 e. The number of carbonyl (C=O) groups excluding carboxylic acids is 1. The van der Waals surface area contributed by atoms with E-state index >= 15 is 0 Å². The van der Waals surface area contributed by atoms with Crippen LogP contribution in [0.5, 0.6) is 0 Å². The lowest BCUT2D eigenvalue weighted by Gasteiger charge is -2.18. The minimum Gasteiger partial charge on any atom is -0.360 e. The van der Waals surface area contributed by atoms with Crippen LogP contribution in [0.25, 0.3) is 0 Å². The highest BCUT2D eigenvalue weighted by molar-refractivity contribution is 7.90. The molecule has 2 N–H and O–H groups in total. The number of rotatable bonds is 3. The summed E-state index contributed by atoms with van der Waals surface area (Å²) in [5.74, 6) is 0.122. The van der Waals surface area contributed by atoms with Crippen LogP contribution in [0.3, 0.4) is 0 Å². The molecule has 2 heterocycles. The molecule has 6 nitrogen and oxygen atoms in total. The van der Waals surface area contributed by atoms with Gasteiger partial charge in [0, 0.05) is 12.8 Å². The Bertz CT molecular complexity index is 1040. The molecular formula is C20H23N3O3S. The normalized spacial score (nSPS) is 20.1. The zero-order valence-corrected chi connectivity index (χ0v) is 16.6. The molecule has 0 saturated carbocycles. The van der Waals surface area contributed by atoms with Crippen LogP contribution in [0.4, 0.5) is 17.1 Å². The van der Waals surface area contributed by atoms with Gasteiger partial charge in [-0.2, -0.15) is 0 Å². The lowest BCUT2D eigenvalue weighted by Crippen LogP contribution is -2.35. The van der Waals surface area contributed by atoms with Gasteiger partial charge in [0.2, 0.25) is 5.91 Å². The first-order valence-corrected chi connectivity index (χ1v) is 10.9. The van der Waals surface area contributed by atoms with Gasteiger partial charge in [-0.15, -0.1) is 0 Å². The third kappa shape index (κ3) is 2.68. The van der Waals surface area contributed by atoms with Crippen molar-refractivity contribution in [3.63, 3.8) is 0 Å². The molecule has 1 unspecified atom stereocenters. The molecule has 2 aromatic rings. The maximum absolute atomic E-state index is 12.7. The van der Waals surface area contributed by atoms with Crippen molar-refractivity contribution in [3.8, 4) is 0 Å². The Morgan fingerprint density at radius 1 is 1.07 bits per heavy atom. The van der Waals surface area contributed by atoms with Crippen molar-refractivity contribution in [3.05, 3.63) is 47.5 Å². The van der Waals surface area contributed by atoms with Crippen LogP contribution in [0, 0.1) is 0 Å². The summed E-state index contributed by atoms with van der Waals surface area (Å²) in [4.78, 5) is 14.8. The van der Waals surface area contributed by atoms with Crippen molar-refractivity contribution in [2.45, 2.75) is 37.2 Å². The third-order valence-electron chi connectivity index (χ3n) is 5.44. The number of anilines is 3. The van der Waals surface area contributed by atoms with Gasteiger partial charge in [0.1, 0.15) is 6.17 Å². The van der Waals surface area contributed by atoms with Crippen molar-refractivity contribution in [2.24, 2.45) is 0 Å². The van der Waals surface area contributed by atoms with Crippen LogP contribution in [0.15, 0.2) is 41.3 Å². The van der Waals surface area contributed by atoms with E-state index in [1.807, 2.05) is 43.9 Å². The molecule has 0 radical (unpaired) electrons. The minimum atomic E-state index is -3.21. The number of likely N-dealkylation sites (N-methyl/N-ethyl adjacent to an activating group) is 1. The summed E-state index contributed by atoms with van der Waals surface area (Å²) in [6.07, 6.45) is 1.05.